The summed E-state index contributed by atoms with van der Waals surface area (Å²) < 4.78 is 42.4. The number of rotatable bonds is 5. The van der Waals surface area contributed by atoms with Crippen molar-refractivity contribution in [1.29, 1.82) is 0 Å². The van der Waals surface area contributed by atoms with Crippen molar-refractivity contribution in [2.45, 2.75) is 49.5 Å². The van der Waals surface area contributed by atoms with Crippen molar-refractivity contribution in [2.24, 2.45) is 0 Å². The molecule has 0 radical (unpaired) electrons. The van der Waals surface area contributed by atoms with Gasteiger partial charge >= 0.3 is 0 Å². The van der Waals surface area contributed by atoms with Crippen molar-refractivity contribution < 1.29 is 17.6 Å². The zero-order valence-corrected chi connectivity index (χ0v) is 17.9. The van der Waals surface area contributed by atoms with Crippen LogP contribution < -0.4 is 10.0 Å². The second-order valence-electron chi connectivity index (χ2n) is 7.07. The second kappa shape index (κ2) is 9.43. The number of hydrogen-bond donors (Lipinski definition) is 2. The Bertz CT molecular complexity index is 987. The van der Waals surface area contributed by atoms with E-state index in [-0.39, 0.29) is 11.6 Å². The third-order valence-electron chi connectivity index (χ3n) is 4.78. The first kappa shape index (κ1) is 22.0. The summed E-state index contributed by atoms with van der Waals surface area (Å²) in [7, 11) is -4.10. The summed E-state index contributed by atoms with van der Waals surface area (Å²) in [5.74, 6) is -1.51. The molecule has 0 spiro atoms. The molecule has 1 saturated carbocycles. The minimum atomic E-state index is -4.10. The summed E-state index contributed by atoms with van der Waals surface area (Å²) in [4.78, 5) is 12.0. The minimum absolute atomic E-state index is 0.00346. The molecule has 0 bridgehead atoms. The maximum Gasteiger partial charge on any atom is 0.255 e. The van der Waals surface area contributed by atoms with Gasteiger partial charge < -0.3 is 5.32 Å². The van der Waals surface area contributed by atoms with Gasteiger partial charge in [0.25, 0.3) is 5.91 Å². The van der Waals surface area contributed by atoms with Crippen LogP contribution in [0.3, 0.4) is 0 Å². The fraction of sp³-hybridized carbons (Fsp3) is 0.350. The maximum absolute atomic E-state index is 14.3. The van der Waals surface area contributed by atoms with Crippen molar-refractivity contribution in [3.63, 3.8) is 0 Å². The molecular weight excluding hydrogens is 438 g/mol. The average molecular weight is 459 g/mol. The Kier molecular flexibility index (Phi) is 7.16. The highest BCUT2D eigenvalue weighted by Crippen LogP contribution is 2.24. The first-order chi connectivity index (χ1) is 13.7. The molecule has 0 atom stereocenters. The lowest BCUT2D eigenvalue weighted by Crippen LogP contribution is -2.35. The number of benzene rings is 2. The molecule has 0 aromatic heterocycles. The van der Waals surface area contributed by atoms with Gasteiger partial charge in [-0.25, -0.2) is 17.5 Å². The largest absolute Gasteiger partial charge is 0.322 e. The van der Waals surface area contributed by atoms with E-state index in [4.69, 9.17) is 23.2 Å². The number of carbonyl (C=O) groups excluding carboxylic acids is 1. The number of halogens is 3. The zero-order chi connectivity index (χ0) is 21.0. The van der Waals surface area contributed by atoms with E-state index in [9.17, 15) is 17.6 Å². The van der Waals surface area contributed by atoms with Gasteiger partial charge in [0, 0.05) is 27.3 Å². The van der Waals surface area contributed by atoms with Gasteiger partial charge in [-0.05, 0) is 49.2 Å². The maximum atomic E-state index is 14.3. The third kappa shape index (κ3) is 5.92. The van der Waals surface area contributed by atoms with Gasteiger partial charge in [0.05, 0.1) is 0 Å². The number of amides is 1. The van der Waals surface area contributed by atoms with E-state index in [1.807, 2.05) is 0 Å². The van der Waals surface area contributed by atoms with Crippen molar-refractivity contribution >= 4 is 44.8 Å². The van der Waals surface area contributed by atoms with Crippen LogP contribution in [0.4, 0.5) is 10.1 Å². The van der Waals surface area contributed by atoms with Gasteiger partial charge in [-0.3, -0.25) is 4.79 Å². The van der Waals surface area contributed by atoms with Gasteiger partial charge in [0.1, 0.15) is 10.7 Å². The van der Waals surface area contributed by atoms with E-state index in [0.29, 0.717) is 15.7 Å². The van der Waals surface area contributed by atoms with E-state index in [0.717, 1.165) is 50.7 Å². The zero-order valence-electron chi connectivity index (χ0n) is 15.6. The van der Waals surface area contributed by atoms with Crippen LogP contribution >= 0.6 is 23.2 Å². The number of carbonyl (C=O) groups is 1. The molecule has 0 heterocycles. The Morgan fingerprint density at radius 2 is 1.59 bits per heavy atom. The van der Waals surface area contributed by atoms with Gasteiger partial charge in [-0.1, -0.05) is 48.9 Å². The van der Waals surface area contributed by atoms with Crippen LogP contribution in [0.5, 0.6) is 0 Å². The summed E-state index contributed by atoms with van der Waals surface area (Å²) in [5, 5.41) is 3.25. The summed E-state index contributed by atoms with van der Waals surface area (Å²) in [6, 6.07) is 7.52. The monoisotopic (exact) mass is 458 g/mol. The average Bonchev–Trinajstić information content (AvgIpc) is 2.89. The predicted molar refractivity (Wildman–Crippen MR) is 113 cm³/mol. The highest BCUT2D eigenvalue weighted by Gasteiger charge is 2.25. The molecule has 1 aliphatic rings. The Morgan fingerprint density at radius 1 is 0.966 bits per heavy atom. The summed E-state index contributed by atoms with van der Waals surface area (Å²) in [6.07, 6.45) is 5.43. The first-order valence-electron chi connectivity index (χ1n) is 9.34. The second-order valence-corrected chi connectivity index (χ2v) is 9.62. The standard InChI is InChI=1S/C20H21Cl2FN2O3S/c21-14-10-15(22)12-17(11-14)24-20(26)13-7-8-18(23)19(9-13)29(27,28)25-16-5-3-1-2-4-6-16/h7-12,16,25H,1-6H2,(H,24,26). The predicted octanol–water partition coefficient (Wildman–Crippen LogP) is 5.39. The summed E-state index contributed by atoms with van der Waals surface area (Å²) in [5.41, 5.74) is 0.349. The lowest BCUT2D eigenvalue weighted by Gasteiger charge is -2.17. The van der Waals surface area contributed by atoms with Crippen LogP contribution in [0.15, 0.2) is 41.3 Å². The summed E-state index contributed by atoms with van der Waals surface area (Å²) in [6.45, 7) is 0. The Labute approximate surface area is 179 Å². The molecule has 29 heavy (non-hydrogen) atoms. The van der Waals surface area contributed by atoms with Crippen molar-refractivity contribution in [3.8, 4) is 0 Å². The van der Waals surface area contributed by atoms with Crippen LogP contribution in [-0.4, -0.2) is 20.4 Å². The molecule has 156 valence electrons. The minimum Gasteiger partial charge on any atom is -0.322 e. The molecule has 2 N–H and O–H groups in total. The molecule has 1 amide bonds. The quantitative estimate of drug-likeness (QED) is 0.589. The Hall–Kier alpha value is -1.67. The van der Waals surface area contributed by atoms with Crippen LogP contribution in [0.2, 0.25) is 10.0 Å². The molecule has 3 rings (SSSR count). The molecule has 1 fully saturated rings. The normalized spacial score (nSPS) is 15.7. The van der Waals surface area contributed by atoms with Gasteiger partial charge in [0.15, 0.2) is 0 Å². The van der Waals surface area contributed by atoms with E-state index >= 15 is 0 Å². The molecule has 0 aliphatic heterocycles. The molecule has 0 saturated heterocycles. The fourth-order valence-corrected chi connectivity index (χ4v) is 5.29. The SMILES string of the molecule is O=C(Nc1cc(Cl)cc(Cl)c1)c1ccc(F)c(S(=O)(=O)NC2CCCCCC2)c1. The highest BCUT2D eigenvalue weighted by atomic mass is 35.5. The third-order valence-corrected chi connectivity index (χ3v) is 6.75. The van der Waals surface area contributed by atoms with Gasteiger partial charge in [-0.15, -0.1) is 0 Å². The van der Waals surface area contributed by atoms with Crippen molar-refractivity contribution in [1.82, 2.24) is 4.72 Å². The molecule has 9 heteroatoms. The lowest BCUT2D eigenvalue weighted by atomic mass is 10.1. The fourth-order valence-electron chi connectivity index (χ4n) is 3.36. The molecule has 1 aliphatic carbocycles. The molecule has 0 unspecified atom stereocenters. The van der Waals surface area contributed by atoms with E-state index in [2.05, 4.69) is 10.0 Å². The van der Waals surface area contributed by atoms with Gasteiger partial charge in [0.2, 0.25) is 10.0 Å². The first-order valence-corrected chi connectivity index (χ1v) is 11.6. The molecular formula is C20H21Cl2FN2O3S. The Morgan fingerprint density at radius 3 is 2.21 bits per heavy atom. The van der Waals surface area contributed by atoms with Gasteiger partial charge in [-0.2, -0.15) is 0 Å². The topological polar surface area (TPSA) is 75.3 Å². The van der Waals surface area contributed by atoms with Crippen LogP contribution in [-0.2, 0) is 10.0 Å². The molecule has 5 nitrogen and oxygen atoms in total. The Balaban J connectivity index is 1.82. The van der Waals surface area contributed by atoms with Crippen LogP contribution in [0.25, 0.3) is 0 Å². The summed E-state index contributed by atoms with van der Waals surface area (Å²) >= 11 is 11.8. The number of nitrogens with one attached hydrogen (secondary N) is 2. The smallest absolute Gasteiger partial charge is 0.255 e. The number of sulfonamides is 1. The highest BCUT2D eigenvalue weighted by molar-refractivity contribution is 7.89. The van der Waals surface area contributed by atoms with Crippen LogP contribution in [0.1, 0.15) is 48.9 Å². The van der Waals surface area contributed by atoms with Crippen LogP contribution in [0, 0.1) is 5.82 Å². The van der Waals surface area contributed by atoms with Crippen molar-refractivity contribution in [3.05, 3.63) is 57.8 Å². The molecule has 2 aromatic carbocycles. The van der Waals surface area contributed by atoms with E-state index < -0.39 is 26.6 Å². The van der Waals surface area contributed by atoms with Crippen molar-refractivity contribution in [2.75, 3.05) is 5.32 Å². The lowest BCUT2D eigenvalue weighted by molar-refractivity contribution is 0.102. The molecule has 2 aromatic rings. The number of anilines is 1. The number of hydrogen-bond acceptors (Lipinski definition) is 3. The van der Waals surface area contributed by atoms with E-state index in [1.54, 1.807) is 0 Å². The van der Waals surface area contributed by atoms with E-state index in [1.165, 1.54) is 24.3 Å².